The van der Waals surface area contributed by atoms with E-state index in [4.69, 9.17) is 24.5 Å². The van der Waals surface area contributed by atoms with Crippen molar-refractivity contribution in [2.45, 2.75) is 57.3 Å². The molecule has 2 unspecified atom stereocenters. The number of hydrogen-bond acceptors (Lipinski definition) is 5. The molecule has 1 aromatic rings. The van der Waals surface area contributed by atoms with E-state index in [0.717, 1.165) is 38.8 Å². The molecule has 2 atom stereocenters. The van der Waals surface area contributed by atoms with Gasteiger partial charge in [-0.25, -0.2) is 9.59 Å². The Hall–Kier alpha value is -1.96. The van der Waals surface area contributed by atoms with Crippen molar-refractivity contribution in [2.24, 2.45) is 0 Å². The summed E-state index contributed by atoms with van der Waals surface area (Å²) >= 11 is 0. The van der Waals surface area contributed by atoms with E-state index in [1.54, 1.807) is 0 Å². The molecule has 7 nitrogen and oxygen atoms in total. The average Bonchev–Trinajstić information content (AvgIpc) is 2.60. The van der Waals surface area contributed by atoms with Gasteiger partial charge in [0.15, 0.2) is 0 Å². The maximum absolute atomic E-state index is 10.7. The zero-order valence-electron chi connectivity index (χ0n) is 15.4. The van der Waals surface area contributed by atoms with Crippen LogP contribution in [0.3, 0.4) is 0 Å². The molecule has 4 N–H and O–H groups in total. The molecule has 0 radical (unpaired) electrons. The average molecular weight is 367 g/mol. The Morgan fingerprint density at radius 2 is 1.81 bits per heavy atom. The van der Waals surface area contributed by atoms with Crippen molar-refractivity contribution in [3.05, 3.63) is 35.9 Å². The Balaban J connectivity index is 0.000000487. The Morgan fingerprint density at radius 3 is 2.35 bits per heavy atom. The number of hydrogen-bond donors (Lipinski definition) is 4. The van der Waals surface area contributed by atoms with Gasteiger partial charge >= 0.3 is 11.9 Å². The van der Waals surface area contributed by atoms with E-state index in [9.17, 15) is 5.11 Å². The van der Waals surface area contributed by atoms with Crippen molar-refractivity contribution in [3.8, 4) is 0 Å². The summed E-state index contributed by atoms with van der Waals surface area (Å²) < 4.78 is 5.81. The summed E-state index contributed by atoms with van der Waals surface area (Å²) in [5, 5.41) is 28.9. The van der Waals surface area contributed by atoms with Crippen molar-refractivity contribution in [2.75, 3.05) is 13.2 Å². The van der Waals surface area contributed by atoms with Crippen LogP contribution in [0.1, 0.15) is 45.1 Å². The molecule has 1 heterocycles. The summed E-state index contributed by atoms with van der Waals surface area (Å²) in [6, 6.07) is 10.4. The normalized spacial score (nSPS) is 25.0. The second-order valence-electron chi connectivity index (χ2n) is 6.83. The van der Waals surface area contributed by atoms with Crippen LogP contribution in [0.5, 0.6) is 0 Å². The van der Waals surface area contributed by atoms with Crippen LogP contribution in [0.15, 0.2) is 30.3 Å². The molecular weight excluding hydrogens is 338 g/mol. The fourth-order valence-corrected chi connectivity index (χ4v) is 2.91. The van der Waals surface area contributed by atoms with Crippen molar-refractivity contribution >= 4 is 11.9 Å². The number of nitrogens with one attached hydrogen (secondary N) is 1. The zero-order chi connectivity index (χ0) is 19.6. The van der Waals surface area contributed by atoms with Crippen molar-refractivity contribution in [3.63, 3.8) is 0 Å². The van der Waals surface area contributed by atoms with Gasteiger partial charge < -0.3 is 25.4 Å². The summed E-state index contributed by atoms with van der Waals surface area (Å²) in [6.07, 6.45) is 3.23. The van der Waals surface area contributed by atoms with Crippen LogP contribution in [0.25, 0.3) is 0 Å². The maximum Gasteiger partial charge on any atom is 0.414 e. The number of rotatable bonds is 6. The minimum Gasteiger partial charge on any atom is -0.473 e. The number of benzene rings is 1. The summed E-state index contributed by atoms with van der Waals surface area (Å²) in [6.45, 7) is 6.59. The van der Waals surface area contributed by atoms with Crippen molar-refractivity contribution < 1.29 is 29.6 Å². The molecule has 7 heteroatoms. The van der Waals surface area contributed by atoms with Gasteiger partial charge in [0, 0.05) is 13.0 Å². The van der Waals surface area contributed by atoms with E-state index in [1.165, 1.54) is 5.56 Å². The van der Waals surface area contributed by atoms with Gasteiger partial charge in [-0.05, 0) is 38.3 Å². The summed E-state index contributed by atoms with van der Waals surface area (Å²) in [5.74, 6) is -3.65. The molecule has 0 spiro atoms. The smallest absolute Gasteiger partial charge is 0.414 e. The fourth-order valence-electron chi connectivity index (χ4n) is 2.91. The third-order valence-electron chi connectivity index (χ3n) is 4.59. The van der Waals surface area contributed by atoms with Crippen LogP contribution in [-0.4, -0.2) is 51.6 Å². The van der Waals surface area contributed by atoms with Crippen LogP contribution >= 0.6 is 0 Å². The molecule has 146 valence electrons. The van der Waals surface area contributed by atoms with Gasteiger partial charge in [0.1, 0.15) is 0 Å². The van der Waals surface area contributed by atoms with Crippen LogP contribution in [0.4, 0.5) is 0 Å². The van der Waals surface area contributed by atoms with Crippen LogP contribution in [0, 0.1) is 0 Å². The molecular formula is C19H29NO6. The first kappa shape index (κ1) is 22.1. The number of ether oxygens (including phenoxy) is 1. The third-order valence-corrected chi connectivity index (χ3v) is 4.59. The van der Waals surface area contributed by atoms with E-state index in [1.807, 2.05) is 6.07 Å². The summed E-state index contributed by atoms with van der Waals surface area (Å²) in [5.41, 5.74) is 0.545. The van der Waals surface area contributed by atoms with Gasteiger partial charge in [0.05, 0.1) is 17.8 Å². The largest absolute Gasteiger partial charge is 0.473 e. The molecule has 1 aromatic carbocycles. The predicted molar refractivity (Wildman–Crippen MR) is 96.9 cm³/mol. The predicted octanol–water partition coefficient (Wildman–Crippen LogP) is 2.03. The first-order valence-electron chi connectivity index (χ1n) is 8.77. The van der Waals surface area contributed by atoms with Crippen LogP contribution in [0.2, 0.25) is 0 Å². The lowest BCUT2D eigenvalue weighted by Crippen LogP contribution is -2.48. The number of carbonyl (C=O) groups is 2. The highest BCUT2D eigenvalue weighted by atomic mass is 16.5. The van der Waals surface area contributed by atoms with Crippen molar-refractivity contribution in [1.29, 1.82) is 0 Å². The molecule has 0 aliphatic carbocycles. The lowest BCUT2D eigenvalue weighted by molar-refractivity contribution is -0.159. The Labute approximate surface area is 154 Å². The minimum atomic E-state index is -1.82. The topological polar surface area (TPSA) is 116 Å². The standard InChI is InChI=1S/C17H27NO2.C2H2O4/c1-3-16(2)14-17(19,10-12-20-16)9-11-18-13-15-7-5-4-6-8-15;3-1(4)2(5)6/h4-8,18-19H,3,9-14H2,1-2H3;(H,3,4)(H,5,6). The van der Waals surface area contributed by atoms with E-state index >= 15 is 0 Å². The number of carboxylic acids is 2. The first-order valence-corrected chi connectivity index (χ1v) is 8.77. The first-order chi connectivity index (χ1) is 12.2. The second-order valence-corrected chi connectivity index (χ2v) is 6.83. The highest BCUT2D eigenvalue weighted by Crippen LogP contribution is 2.36. The Bertz CT molecular complexity index is 567. The molecule has 26 heavy (non-hydrogen) atoms. The minimum absolute atomic E-state index is 0.160. The van der Waals surface area contributed by atoms with Crippen LogP contribution < -0.4 is 5.32 Å². The van der Waals surface area contributed by atoms with Gasteiger partial charge in [-0.1, -0.05) is 37.3 Å². The quantitative estimate of drug-likeness (QED) is 0.449. The second kappa shape index (κ2) is 10.3. The lowest BCUT2D eigenvalue weighted by atomic mass is 9.80. The SMILES string of the molecule is CCC1(C)CC(O)(CCNCc2ccccc2)CCO1.O=C(O)C(=O)O. The van der Waals surface area contributed by atoms with E-state index in [-0.39, 0.29) is 5.60 Å². The molecule has 0 bridgehead atoms. The molecule has 1 aliphatic heterocycles. The number of aliphatic carboxylic acids is 2. The third kappa shape index (κ3) is 7.95. The molecule has 0 amide bonds. The maximum atomic E-state index is 10.7. The molecule has 1 aliphatic rings. The van der Waals surface area contributed by atoms with E-state index in [2.05, 4.69) is 43.4 Å². The van der Waals surface area contributed by atoms with Crippen LogP contribution in [-0.2, 0) is 20.9 Å². The molecule has 0 aromatic heterocycles. The van der Waals surface area contributed by atoms with Gasteiger partial charge in [-0.2, -0.15) is 0 Å². The van der Waals surface area contributed by atoms with Gasteiger partial charge in [0.25, 0.3) is 0 Å². The number of aliphatic hydroxyl groups is 1. The Kier molecular flexibility index (Phi) is 8.71. The van der Waals surface area contributed by atoms with Crippen molar-refractivity contribution in [1.82, 2.24) is 5.32 Å². The van der Waals surface area contributed by atoms with E-state index < -0.39 is 17.5 Å². The highest BCUT2D eigenvalue weighted by molar-refractivity contribution is 6.27. The lowest BCUT2D eigenvalue weighted by Gasteiger charge is -2.43. The zero-order valence-corrected chi connectivity index (χ0v) is 15.4. The van der Waals surface area contributed by atoms with Gasteiger partial charge in [-0.15, -0.1) is 0 Å². The van der Waals surface area contributed by atoms with E-state index in [0.29, 0.717) is 6.61 Å². The fraction of sp³-hybridized carbons (Fsp3) is 0.579. The monoisotopic (exact) mass is 367 g/mol. The van der Waals surface area contributed by atoms with Gasteiger partial charge in [-0.3, -0.25) is 0 Å². The number of carboxylic acid groups (broad SMARTS) is 2. The Morgan fingerprint density at radius 1 is 1.19 bits per heavy atom. The molecule has 0 saturated carbocycles. The van der Waals surface area contributed by atoms with Gasteiger partial charge in [0.2, 0.25) is 0 Å². The molecule has 1 fully saturated rings. The summed E-state index contributed by atoms with van der Waals surface area (Å²) in [7, 11) is 0. The molecule has 2 rings (SSSR count). The summed E-state index contributed by atoms with van der Waals surface area (Å²) in [4.78, 5) is 18.2. The highest BCUT2D eigenvalue weighted by Gasteiger charge is 2.40. The molecule has 1 saturated heterocycles.